The predicted molar refractivity (Wildman–Crippen MR) is 111 cm³/mol. The molecule has 1 heterocycles. The molecule has 2 aromatic rings. The fourth-order valence-electron chi connectivity index (χ4n) is 3.25. The highest BCUT2D eigenvalue weighted by molar-refractivity contribution is 5.96. The second-order valence-corrected chi connectivity index (χ2v) is 6.84. The average Bonchev–Trinajstić information content (AvgIpc) is 2.59. The van der Waals surface area contributed by atoms with Crippen LogP contribution in [0.15, 0.2) is 54.8 Å². The predicted octanol–water partition coefficient (Wildman–Crippen LogP) is 3.99. The molecule has 0 saturated carbocycles. The van der Waals surface area contributed by atoms with E-state index in [1.165, 1.54) is 17.3 Å². The first kappa shape index (κ1) is 18.6. The molecular formula is C22H25N3O2. The third kappa shape index (κ3) is 4.70. The lowest BCUT2D eigenvalue weighted by Gasteiger charge is -2.19. The minimum atomic E-state index is -0.149. The third-order valence-electron chi connectivity index (χ3n) is 4.27. The van der Waals surface area contributed by atoms with Gasteiger partial charge in [0.25, 0.3) is 5.91 Å². The zero-order valence-corrected chi connectivity index (χ0v) is 15.9. The summed E-state index contributed by atoms with van der Waals surface area (Å²) < 4.78 is 5.43. The first-order valence-electron chi connectivity index (χ1n) is 8.96. The molecule has 1 amide bonds. The van der Waals surface area contributed by atoms with E-state index in [-0.39, 0.29) is 18.6 Å². The maximum atomic E-state index is 11.6. The van der Waals surface area contributed by atoms with Crippen LogP contribution in [0.5, 0.6) is 5.75 Å². The number of anilines is 2. The van der Waals surface area contributed by atoms with E-state index >= 15 is 0 Å². The summed E-state index contributed by atoms with van der Waals surface area (Å²) in [5.74, 6) is 0.528. The SMILES string of the molecule is Cc1cc(C)cc(NC(C)/C=C(\C=C/N)c2ccc3c(c2)NC(=O)CO3)c1. The molecule has 1 atom stereocenters. The third-order valence-corrected chi connectivity index (χ3v) is 4.27. The summed E-state index contributed by atoms with van der Waals surface area (Å²) in [6, 6.07) is 12.2. The van der Waals surface area contributed by atoms with E-state index in [1.54, 1.807) is 0 Å². The van der Waals surface area contributed by atoms with Gasteiger partial charge in [0.15, 0.2) is 6.61 Å². The van der Waals surface area contributed by atoms with Gasteiger partial charge >= 0.3 is 0 Å². The fraction of sp³-hybridized carbons (Fsp3) is 0.227. The Hall–Kier alpha value is -3.21. The number of nitrogens with two attached hydrogens (primary N) is 1. The van der Waals surface area contributed by atoms with E-state index < -0.39 is 0 Å². The van der Waals surface area contributed by atoms with Crippen LogP contribution in [-0.2, 0) is 4.79 Å². The van der Waals surface area contributed by atoms with Crippen molar-refractivity contribution in [2.45, 2.75) is 26.8 Å². The Balaban J connectivity index is 1.86. The maximum absolute atomic E-state index is 11.6. The largest absolute Gasteiger partial charge is 0.482 e. The summed E-state index contributed by atoms with van der Waals surface area (Å²) in [7, 11) is 0. The van der Waals surface area contributed by atoms with Crippen LogP contribution in [0, 0.1) is 13.8 Å². The smallest absolute Gasteiger partial charge is 0.262 e. The molecule has 0 radical (unpaired) electrons. The van der Waals surface area contributed by atoms with Crippen LogP contribution in [0.25, 0.3) is 5.57 Å². The van der Waals surface area contributed by atoms with Gasteiger partial charge in [-0.15, -0.1) is 0 Å². The molecule has 0 saturated heterocycles. The molecule has 140 valence electrons. The normalized spacial score (nSPS) is 15.1. The van der Waals surface area contributed by atoms with Crippen molar-refractivity contribution in [2.75, 3.05) is 17.2 Å². The molecule has 0 spiro atoms. The number of amides is 1. The van der Waals surface area contributed by atoms with E-state index in [4.69, 9.17) is 10.5 Å². The lowest BCUT2D eigenvalue weighted by molar-refractivity contribution is -0.118. The van der Waals surface area contributed by atoms with Crippen molar-refractivity contribution < 1.29 is 9.53 Å². The van der Waals surface area contributed by atoms with E-state index in [2.05, 4.69) is 55.7 Å². The molecular weight excluding hydrogens is 338 g/mol. The minimum absolute atomic E-state index is 0.0502. The Labute approximate surface area is 159 Å². The number of hydrogen-bond donors (Lipinski definition) is 3. The summed E-state index contributed by atoms with van der Waals surface area (Å²) in [6.07, 6.45) is 5.48. The standard InChI is InChI=1S/C22H25N3O2/c1-14-8-15(2)10-19(9-14)24-16(3)11-18(6-7-23)17-4-5-21-20(12-17)25-22(26)13-27-21/h4-12,16,24H,13,23H2,1-3H3,(H,25,26)/b7-6-,18-11+. The second-order valence-electron chi connectivity index (χ2n) is 6.84. The molecule has 4 N–H and O–H groups in total. The number of allylic oxidation sites excluding steroid dienone is 2. The van der Waals surface area contributed by atoms with E-state index in [0.717, 1.165) is 16.8 Å². The van der Waals surface area contributed by atoms with Crippen LogP contribution in [0.4, 0.5) is 11.4 Å². The van der Waals surface area contributed by atoms with E-state index in [9.17, 15) is 4.79 Å². The van der Waals surface area contributed by atoms with Crippen molar-refractivity contribution >= 4 is 22.9 Å². The molecule has 1 aliphatic heterocycles. The van der Waals surface area contributed by atoms with Gasteiger partial charge in [-0.25, -0.2) is 0 Å². The van der Waals surface area contributed by atoms with Gasteiger partial charge in [0.2, 0.25) is 0 Å². The number of carbonyl (C=O) groups is 1. The number of ether oxygens (including phenoxy) is 1. The zero-order valence-electron chi connectivity index (χ0n) is 15.9. The van der Waals surface area contributed by atoms with Crippen LogP contribution in [0.3, 0.4) is 0 Å². The van der Waals surface area contributed by atoms with Crippen LogP contribution in [-0.4, -0.2) is 18.6 Å². The summed E-state index contributed by atoms with van der Waals surface area (Å²) in [5, 5.41) is 6.35. The Morgan fingerprint density at radius 1 is 1.22 bits per heavy atom. The Bertz CT molecular complexity index is 896. The van der Waals surface area contributed by atoms with Crippen molar-refractivity contribution in [1.82, 2.24) is 0 Å². The van der Waals surface area contributed by atoms with E-state index in [1.807, 2.05) is 24.3 Å². The number of fused-ring (bicyclic) bond motifs is 1. The molecule has 1 aliphatic rings. The van der Waals surface area contributed by atoms with Gasteiger partial charge in [0.05, 0.1) is 5.69 Å². The zero-order chi connectivity index (χ0) is 19.4. The van der Waals surface area contributed by atoms with Gasteiger partial charge < -0.3 is 21.1 Å². The van der Waals surface area contributed by atoms with Gasteiger partial charge in [-0.3, -0.25) is 4.79 Å². The molecule has 0 aliphatic carbocycles. The van der Waals surface area contributed by atoms with E-state index in [0.29, 0.717) is 11.4 Å². The van der Waals surface area contributed by atoms with Crippen LogP contribution in [0.1, 0.15) is 23.6 Å². The van der Waals surface area contributed by atoms with Gasteiger partial charge in [-0.1, -0.05) is 18.2 Å². The van der Waals surface area contributed by atoms with Crippen molar-refractivity contribution in [1.29, 1.82) is 0 Å². The molecule has 5 heteroatoms. The Kier molecular flexibility index (Phi) is 5.50. The Morgan fingerprint density at radius 2 is 1.96 bits per heavy atom. The van der Waals surface area contributed by atoms with Gasteiger partial charge in [0, 0.05) is 11.7 Å². The topological polar surface area (TPSA) is 76.4 Å². The lowest BCUT2D eigenvalue weighted by Crippen LogP contribution is -2.25. The number of aryl methyl sites for hydroxylation is 2. The highest BCUT2D eigenvalue weighted by Crippen LogP contribution is 2.31. The molecule has 5 nitrogen and oxygen atoms in total. The Morgan fingerprint density at radius 3 is 2.67 bits per heavy atom. The number of benzene rings is 2. The monoisotopic (exact) mass is 363 g/mol. The number of rotatable bonds is 5. The van der Waals surface area contributed by atoms with Crippen molar-refractivity contribution in [3.63, 3.8) is 0 Å². The molecule has 1 unspecified atom stereocenters. The number of carbonyl (C=O) groups excluding carboxylic acids is 1. The van der Waals surface area contributed by atoms with Gasteiger partial charge in [0.1, 0.15) is 5.75 Å². The average molecular weight is 363 g/mol. The molecule has 0 fully saturated rings. The van der Waals surface area contributed by atoms with Crippen molar-refractivity contribution in [3.05, 3.63) is 71.4 Å². The van der Waals surface area contributed by atoms with Crippen LogP contribution in [0.2, 0.25) is 0 Å². The van der Waals surface area contributed by atoms with Crippen molar-refractivity contribution in [3.8, 4) is 5.75 Å². The summed E-state index contributed by atoms with van der Waals surface area (Å²) in [4.78, 5) is 11.6. The highest BCUT2D eigenvalue weighted by atomic mass is 16.5. The quantitative estimate of drug-likeness (QED) is 0.702. The summed E-state index contributed by atoms with van der Waals surface area (Å²) in [6.45, 7) is 6.31. The van der Waals surface area contributed by atoms with Crippen molar-refractivity contribution in [2.24, 2.45) is 5.73 Å². The molecule has 27 heavy (non-hydrogen) atoms. The molecule has 0 aromatic heterocycles. The summed E-state index contributed by atoms with van der Waals surface area (Å²) >= 11 is 0. The maximum Gasteiger partial charge on any atom is 0.262 e. The number of nitrogens with one attached hydrogen (secondary N) is 2. The number of hydrogen-bond acceptors (Lipinski definition) is 4. The van der Waals surface area contributed by atoms with Gasteiger partial charge in [-0.05, 0) is 79.6 Å². The second kappa shape index (κ2) is 7.99. The molecule has 3 rings (SSSR count). The lowest BCUT2D eigenvalue weighted by atomic mass is 10.0. The first-order valence-corrected chi connectivity index (χ1v) is 8.96. The van der Waals surface area contributed by atoms with Gasteiger partial charge in [-0.2, -0.15) is 0 Å². The van der Waals surface area contributed by atoms with Crippen LogP contribution < -0.4 is 21.1 Å². The highest BCUT2D eigenvalue weighted by Gasteiger charge is 2.16. The minimum Gasteiger partial charge on any atom is -0.482 e. The van der Waals surface area contributed by atoms with Crippen LogP contribution >= 0.6 is 0 Å². The fourth-order valence-corrected chi connectivity index (χ4v) is 3.25. The first-order chi connectivity index (χ1) is 12.9. The summed E-state index contributed by atoms with van der Waals surface area (Å²) in [5.41, 5.74) is 11.8. The molecule has 2 aromatic carbocycles. The molecule has 0 bridgehead atoms.